The van der Waals surface area contributed by atoms with Crippen LogP contribution >= 0.6 is 0 Å². The smallest absolute Gasteiger partial charge is 0.334 e. The number of nitrogens with two attached hydrogens (primary N) is 1. The molecule has 0 saturated heterocycles. The van der Waals surface area contributed by atoms with Gasteiger partial charge in [-0.3, -0.25) is 9.78 Å². The molecule has 3 rings (SSSR count). The number of amides is 1. The highest BCUT2D eigenvalue weighted by atomic mass is 19.4. The highest BCUT2D eigenvalue weighted by molar-refractivity contribution is 5.82. The van der Waals surface area contributed by atoms with Crippen molar-refractivity contribution in [2.45, 2.75) is 51.0 Å². The van der Waals surface area contributed by atoms with Crippen LogP contribution < -0.4 is 5.73 Å². The van der Waals surface area contributed by atoms with E-state index in [1.165, 1.54) is 0 Å². The van der Waals surface area contributed by atoms with Crippen LogP contribution in [0.25, 0.3) is 0 Å². The molecule has 3 atom stereocenters. The third-order valence-electron chi connectivity index (χ3n) is 4.79. The van der Waals surface area contributed by atoms with E-state index < -0.39 is 11.7 Å². The van der Waals surface area contributed by atoms with E-state index in [-0.39, 0.29) is 30.5 Å². The van der Waals surface area contributed by atoms with E-state index in [1.54, 1.807) is 11.0 Å². The Morgan fingerprint density at radius 1 is 1.42 bits per heavy atom. The van der Waals surface area contributed by atoms with Crippen molar-refractivity contribution >= 4 is 5.91 Å². The number of fused-ring (bicyclic) bond motifs is 1. The van der Waals surface area contributed by atoms with Gasteiger partial charge in [-0.1, -0.05) is 19.1 Å². The van der Waals surface area contributed by atoms with Crippen molar-refractivity contribution in [2.24, 2.45) is 11.7 Å². The molecule has 0 spiro atoms. The average molecular weight is 339 g/mol. The van der Waals surface area contributed by atoms with Gasteiger partial charge in [0.05, 0.1) is 11.5 Å². The van der Waals surface area contributed by atoms with E-state index in [0.29, 0.717) is 24.1 Å². The number of carbonyl (C=O) groups is 1. The summed E-state index contributed by atoms with van der Waals surface area (Å²) < 4.78 is 38.7. The minimum absolute atomic E-state index is 0.0422. The number of halogens is 3. The van der Waals surface area contributed by atoms with Crippen molar-refractivity contribution in [1.29, 1.82) is 0 Å². The second kappa shape index (κ2) is 6.20. The normalized spacial score (nSPS) is 26.5. The van der Waals surface area contributed by atoms with Crippen LogP contribution in [0.1, 0.15) is 36.6 Å². The molecule has 0 radical (unpaired) electrons. The van der Waals surface area contributed by atoms with Gasteiger partial charge < -0.3 is 10.6 Å². The topological polar surface area (TPSA) is 59.2 Å². The lowest BCUT2D eigenvalue weighted by Crippen LogP contribution is -2.46. The summed E-state index contributed by atoms with van der Waals surface area (Å²) in [5.74, 6) is -0.344. The minimum atomic E-state index is -4.43. The number of nitrogens with zero attached hydrogens (tertiary/aromatic N) is 2. The molecule has 2 N–H and O–H groups in total. The molecule has 1 aromatic rings. The maximum Gasteiger partial charge on any atom is 0.417 e. The van der Waals surface area contributed by atoms with Crippen LogP contribution in [0, 0.1) is 5.92 Å². The van der Waals surface area contributed by atoms with Crippen LogP contribution in [-0.4, -0.2) is 27.9 Å². The van der Waals surface area contributed by atoms with Crippen molar-refractivity contribution in [3.63, 3.8) is 0 Å². The van der Waals surface area contributed by atoms with Crippen LogP contribution in [0.5, 0.6) is 0 Å². The van der Waals surface area contributed by atoms with E-state index in [2.05, 4.69) is 4.98 Å². The highest BCUT2D eigenvalue weighted by Crippen LogP contribution is 2.33. The zero-order valence-electron chi connectivity index (χ0n) is 13.4. The maximum absolute atomic E-state index is 12.9. The van der Waals surface area contributed by atoms with Gasteiger partial charge in [-0.15, -0.1) is 0 Å². The number of hydrogen-bond acceptors (Lipinski definition) is 3. The summed E-state index contributed by atoms with van der Waals surface area (Å²) in [5, 5.41) is 0. The van der Waals surface area contributed by atoms with Crippen LogP contribution in [0.3, 0.4) is 0 Å². The molecule has 0 bridgehead atoms. The van der Waals surface area contributed by atoms with E-state index in [4.69, 9.17) is 5.73 Å². The van der Waals surface area contributed by atoms with Crippen molar-refractivity contribution in [2.75, 3.05) is 0 Å². The van der Waals surface area contributed by atoms with Gasteiger partial charge in [0.15, 0.2) is 0 Å². The zero-order valence-corrected chi connectivity index (χ0v) is 13.4. The summed E-state index contributed by atoms with van der Waals surface area (Å²) in [7, 11) is 0. The molecule has 4 nitrogen and oxygen atoms in total. The Bertz CT molecular complexity index is 672. The molecule has 7 heteroatoms. The maximum atomic E-state index is 12.9. The Morgan fingerprint density at radius 2 is 2.17 bits per heavy atom. The number of aromatic nitrogens is 1. The van der Waals surface area contributed by atoms with Gasteiger partial charge in [0.1, 0.15) is 0 Å². The Morgan fingerprint density at radius 3 is 2.75 bits per heavy atom. The van der Waals surface area contributed by atoms with Crippen molar-refractivity contribution in [3.8, 4) is 0 Å². The standard InChI is InChI=1S/C17H20F3N3O/c1-2-14-7-15-11(5-12(8-22-15)17(18,19)20)9-23(14)16(24)10-3-4-13(21)6-10/h3-5,8,10,13-14H,2,6-7,9,21H2,1H3/t10-,13+,14?/m0/s1. The quantitative estimate of drug-likeness (QED) is 0.843. The summed E-state index contributed by atoms with van der Waals surface area (Å²) in [5.41, 5.74) is 6.17. The van der Waals surface area contributed by atoms with E-state index in [0.717, 1.165) is 18.7 Å². The average Bonchev–Trinajstić information content (AvgIpc) is 2.98. The molecule has 1 aliphatic heterocycles. The molecule has 1 unspecified atom stereocenters. The number of pyridine rings is 1. The van der Waals surface area contributed by atoms with Gasteiger partial charge >= 0.3 is 6.18 Å². The predicted molar refractivity (Wildman–Crippen MR) is 82.8 cm³/mol. The molecule has 1 aliphatic carbocycles. The van der Waals surface area contributed by atoms with Gasteiger partial charge in [-0.2, -0.15) is 13.2 Å². The first-order chi connectivity index (χ1) is 11.3. The lowest BCUT2D eigenvalue weighted by atomic mass is 9.93. The summed E-state index contributed by atoms with van der Waals surface area (Å²) in [4.78, 5) is 18.5. The first-order valence-electron chi connectivity index (χ1n) is 8.09. The molecule has 2 aliphatic rings. The van der Waals surface area contributed by atoms with Crippen LogP contribution in [-0.2, 0) is 23.9 Å². The van der Waals surface area contributed by atoms with Crippen LogP contribution in [0.4, 0.5) is 13.2 Å². The lowest BCUT2D eigenvalue weighted by molar-refractivity contribution is -0.138. The Kier molecular flexibility index (Phi) is 4.38. The fourth-order valence-electron chi connectivity index (χ4n) is 3.41. The molecular formula is C17H20F3N3O. The number of alkyl halides is 3. The third-order valence-corrected chi connectivity index (χ3v) is 4.79. The van der Waals surface area contributed by atoms with Crippen LogP contribution in [0.2, 0.25) is 0 Å². The molecule has 2 heterocycles. The summed E-state index contributed by atoms with van der Waals surface area (Å²) in [6.07, 6.45) is 1.83. The lowest BCUT2D eigenvalue weighted by Gasteiger charge is -2.37. The Labute approximate surface area is 138 Å². The molecule has 1 aromatic heterocycles. The highest BCUT2D eigenvalue weighted by Gasteiger charge is 2.36. The monoisotopic (exact) mass is 339 g/mol. The van der Waals surface area contributed by atoms with Gasteiger partial charge in [0.25, 0.3) is 0 Å². The summed E-state index contributed by atoms with van der Waals surface area (Å²) >= 11 is 0. The number of rotatable bonds is 2. The van der Waals surface area contributed by atoms with Crippen molar-refractivity contribution in [1.82, 2.24) is 9.88 Å². The Hall–Kier alpha value is -1.89. The number of hydrogen-bond donors (Lipinski definition) is 1. The predicted octanol–water partition coefficient (Wildman–Crippen LogP) is 2.67. The summed E-state index contributed by atoms with van der Waals surface area (Å²) in [6, 6.07) is 0.944. The molecule has 0 saturated carbocycles. The first-order valence-corrected chi connectivity index (χ1v) is 8.09. The SMILES string of the molecule is CCC1Cc2ncc(C(F)(F)F)cc2CN1C(=O)[C@H]1C=C[C@@H](N)C1. The van der Waals surface area contributed by atoms with Gasteiger partial charge in [0.2, 0.25) is 5.91 Å². The molecule has 130 valence electrons. The van der Waals surface area contributed by atoms with Gasteiger partial charge in [-0.05, 0) is 24.5 Å². The molecule has 24 heavy (non-hydrogen) atoms. The van der Waals surface area contributed by atoms with E-state index in [1.807, 2.05) is 13.0 Å². The molecular weight excluding hydrogens is 319 g/mol. The second-order valence-electron chi connectivity index (χ2n) is 6.45. The zero-order chi connectivity index (χ0) is 17.5. The molecule has 1 amide bonds. The van der Waals surface area contributed by atoms with E-state index >= 15 is 0 Å². The molecule has 0 fully saturated rings. The second-order valence-corrected chi connectivity index (χ2v) is 6.45. The fraction of sp³-hybridized carbons (Fsp3) is 0.529. The van der Waals surface area contributed by atoms with Crippen LogP contribution in [0.15, 0.2) is 24.4 Å². The van der Waals surface area contributed by atoms with Crippen molar-refractivity contribution in [3.05, 3.63) is 41.2 Å². The number of carbonyl (C=O) groups excluding carboxylic acids is 1. The van der Waals surface area contributed by atoms with Gasteiger partial charge in [0, 0.05) is 36.9 Å². The minimum Gasteiger partial charge on any atom is -0.334 e. The van der Waals surface area contributed by atoms with Crippen molar-refractivity contribution < 1.29 is 18.0 Å². The third kappa shape index (κ3) is 3.17. The summed E-state index contributed by atoms with van der Waals surface area (Å²) in [6.45, 7) is 2.14. The largest absolute Gasteiger partial charge is 0.417 e. The van der Waals surface area contributed by atoms with Gasteiger partial charge in [-0.25, -0.2) is 0 Å². The van der Waals surface area contributed by atoms with E-state index in [9.17, 15) is 18.0 Å². The molecule has 0 aromatic carbocycles. The Balaban J connectivity index is 1.87. The first kappa shape index (κ1) is 17.0. The fourth-order valence-corrected chi connectivity index (χ4v) is 3.41.